The van der Waals surface area contributed by atoms with Crippen molar-refractivity contribution in [3.05, 3.63) is 30.2 Å². The Labute approximate surface area is 94.1 Å². The van der Waals surface area contributed by atoms with Crippen molar-refractivity contribution in [2.45, 2.75) is 20.6 Å². The van der Waals surface area contributed by atoms with Gasteiger partial charge in [0, 0.05) is 30.8 Å². The van der Waals surface area contributed by atoms with Crippen LogP contribution in [0.2, 0.25) is 0 Å². The molecule has 0 saturated carbocycles. The summed E-state index contributed by atoms with van der Waals surface area (Å²) in [5.74, 6) is 0.929. The third kappa shape index (κ3) is 1.81. The summed E-state index contributed by atoms with van der Waals surface area (Å²) in [5.41, 5.74) is 2.90. The Morgan fingerprint density at radius 1 is 1.25 bits per heavy atom. The van der Waals surface area contributed by atoms with Gasteiger partial charge in [0.25, 0.3) is 0 Å². The Morgan fingerprint density at radius 3 is 2.56 bits per heavy atom. The molecule has 0 unspecified atom stereocenters. The van der Waals surface area contributed by atoms with E-state index in [1.807, 2.05) is 18.4 Å². The van der Waals surface area contributed by atoms with Crippen molar-refractivity contribution in [3.63, 3.8) is 0 Å². The predicted octanol–water partition coefficient (Wildman–Crippen LogP) is 1.56. The van der Waals surface area contributed by atoms with E-state index in [1.54, 1.807) is 19.5 Å². The molecule has 0 atom stereocenters. The summed E-state index contributed by atoms with van der Waals surface area (Å²) in [5, 5.41) is 0. The summed E-state index contributed by atoms with van der Waals surface area (Å²) in [6.45, 7) is 4.49. The van der Waals surface area contributed by atoms with Gasteiger partial charge in [-0.1, -0.05) is 0 Å². The maximum atomic E-state index is 5.13. The molecule has 0 aliphatic carbocycles. The van der Waals surface area contributed by atoms with Gasteiger partial charge in [-0.05, 0) is 13.8 Å². The van der Waals surface area contributed by atoms with Crippen molar-refractivity contribution in [1.82, 2.24) is 19.5 Å². The van der Waals surface area contributed by atoms with Crippen molar-refractivity contribution < 1.29 is 4.74 Å². The molecule has 0 aromatic carbocycles. The van der Waals surface area contributed by atoms with Crippen molar-refractivity contribution >= 4 is 0 Å². The summed E-state index contributed by atoms with van der Waals surface area (Å²) in [4.78, 5) is 12.5. The lowest BCUT2D eigenvalue weighted by molar-refractivity contribution is 0.128. The van der Waals surface area contributed by atoms with Gasteiger partial charge in [0.05, 0.1) is 5.69 Å². The summed E-state index contributed by atoms with van der Waals surface area (Å²) < 4.78 is 7.15. The highest BCUT2D eigenvalue weighted by Crippen LogP contribution is 2.21. The third-order valence-electron chi connectivity index (χ3n) is 2.50. The zero-order valence-electron chi connectivity index (χ0n) is 9.64. The minimum atomic E-state index is 0.512. The highest BCUT2D eigenvalue weighted by molar-refractivity contribution is 5.59. The first kappa shape index (κ1) is 10.8. The summed E-state index contributed by atoms with van der Waals surface area (Å²) >= 11 is 0. The highest BCUT2D eigenvalue weighted by atomic mass is 16.5. The third-order valence-corrected chi connectivity index (χ3v) is 2.50. The fraction of sp³-hybridized carbons (Fsp3) is 0.364. The van der Waals surface area contributed by atoms with Gasteiger partial charge < -0.3 is 9.30 Å². The number of hydrogen-bond donors (Lipinski definition) is 0. The van der Waals surface area contributed by atoms with Crippen LogP contribution in [0, 0.1) is 13.8 Å². The van der Waals surface area contributed by atoms with Gasteiger partial charge in [0.15, 0.2) is 0 Å². The van der Waals surface area contributed by atoms with Crippen LogP contribution in [0.15, 0.2) is 18.7 Å². The van der Waals surface area contributed by atoms with Crippen molar-refractivity contribution in [2.24, 2.45) is 0 Å². The molecule has 2 heterocycles. The van der Waals surface area contributed by atoms with Crippen molar-refractivity contribution in [2.75, 3.05) is 7.11 Å². The molecule has 0 fully saturated rings. The first-order valence-electron chi connectivity index (χ1n) is 5.02. The molecule has 2 aromatic rings. The summed E-state index contributed by atoms with van der Waals surface area (Å²) in [7, 11) is 1.67. The van der Waals surface area contributed by atoms with E-state index in [4.69, 9.17) is 4.74 Å². The summed E-state index contributed by atoms with van der Waals surface area (Å²) in [6.07, 6.45) is 5.04. The molecular formula is C11H14N4O. The van der Waals surface area contributed by atoms with Gasteiger partial charge in [-0.3, -0.25) is 0 Å². The molecule has 0 radical (unpaired) electrons. The molecule has 0 N–H and O–H groups in total. The number of nitrogens with zero attached hydrogens (tertiary/aromatic N) is 4. The molecule has 84 valence electrons. The average Bonchev–Trinajstić information content (AvgIpc) is 2.59. The number of methoxy groups -OCH3 is 1. The molecule has 2 rings (SSSR count). The smallest absolute Gasteiger partial charge is 0.123 e. The lowest BCUT2D eigenvalue weighted by Crippen LogP contribution is -2.03. The zero-order chi connectivity index (χ0) is 11.5. The van der Waals surface area contributed by atoms with Crippen LogP contribution >= 0.6 is 0 Å². The van der Waals surface area contributed by atoms with Crippen LogP contribution in [0.5, 0.6) is 0 Å². The van der Waals surface area contributed by atoms with E-state index in [-0.39, 0.29) is 0 Å². The second-order valence-electron chi connectivity index (χ2n) is 3.57. The minimum Gasteiger partial charge on any atom is -0.364 e. The van der Waals surface area contributed by atoms with Crippen LogP contribution in [0.25, 0.3) is 11.3 Å². The van der Waals surface area contributed by atoms with E-state index >= 15 is 0 Å². The van der Waals surface area contributed by atoms with E-state index in [9.17, 15) is 0 Å². The molecule has 5 nitrogen and oxygen atoms in total. The maximum absolute atomic E-state index is 5.13. The first-order valence-corrected chi connectivity index (χ1v) is 5.02. The topological polar surface area (TPSA) is 52.8 Å². The van der Waals surface area contributed by atoms with E-state index in [2.05, 4.69) is 15.0 Å². The molecule has 0 aliphatic heterocycles. The molecule has 0 bridgehead atoms. The molecule has 5 heteroatoms. The van der Waals surface area contributed by atoms with Gasteiger partial charge in [0.2, 0.25) is 0 Å². The fourth-order valence-electron chi connectivity index (χ4n) is 1.69. The Balaban J connectivity index is 2.47. The van der Waals surface area contributed by atoms with Crippen LogP contribution in [-0.4, -0.2) is 26.6 Å². The van der Waals surface area contributed by atoms with E-state index < -0.39 is 0 Å². The lowest BCUT2D eigenvalue weighted by atomic mass is 10.2. The number of aryl methyl sites for hydroxylation is 1. The lowest BCUT2D eigenvalue weighted by Gasteiger charge is -2.05. The van der Waals surface area contributed by atoms with Gasteiger partial charge in [-0.25, -0.2) is 15.0 Å². The van der Waals surface area contributed by atoms with Gasteiger partial charge in [-0.2, -0.15) is 0 Å². The molecule has 0 amide bonds. The SMILES string of the molecule is COCn1c(C)nc(-c2cncnc2)c1C. The van der Waals surface area contributed by atoms with E-state index in [1.165, 1.54) is 6.33 Å². The molecule has 2 aromatic heterocycles. The van der Waals surface area contributed by atoms with Crippen LogP contribution in [0.3, 0.4) is 0 Å². The predicted molar refractivity (Wildman–Crippen MR) is 59.7 cm³/mol. The number of rotatable bonds is 3. The fourth-order valence-corrected chi connectivity index (χ4v) is 1.69. The first-order chi connectivity index (χ1) is 7.74. The molecule has 16 heavy (non-hydrogen) atoms. The van der Waals surface area contributed by atoms with Gasteiger partial charge >= 0.3 is 0 Å². The highest BCUT2D eigenvalue weighted by Gasteiger charge is 2.12. The van der Waals surface area contributed by atoms with E-state index in [0.29, 0.717) is 6.73 Å². The van der Waals surface area contributed by atoms with Crippen LogP contribution in [-0.2, 0) is 11.5 Å². The number of imidazole rings is 1. The average molecular weight is 218 g/mol. The monoisotopic (exact) mass is 218 g/mol. The quantitative estimate of drug-likeness (QED) is 0.784. The van der Waals surface area contributed by atoms with Crippen molar-refractivity contribution in [3.8, 4) is 11.3 Å². The second-order valence-corrected chi connectivity index (χ2v) is 3.57. The molecular weight excluding hydrogens is 204 g/mol. The Bertz CT molecular complexity index is 478. The Morgan fingerprint density at radius 2 is 1.94 bits per heavy atom. The molecule has 0 aliphatic rings. The standard InChI is InChI=1S/C11H14N4O/c1-8-11(10-4-12-6-13-5-10)14-9(2)15(8)7-16-3/h4-6H,7H2,1-3H3. The van der Waals surface area contributed by atoms with Crippen LogP contribution in [0.4, 0.5) is 0 Å². The number of aromatic nitrogens is 4. The Kier molecular flexibility index (Phi) is 2.96. The molecule has 0 saturated heterocycles. The molecule has 0 spiro atoms. The van der Waals surface area contributed by atoms with Gasteiger partial charge in [0.1, 0.15) is 18.9 Å². The second kappa shape index (κ2) is 4.40. The van der Waals surface area contributed by atoms with Crippen LogP contribution < -0.4 is 0 Å². The number of ether oxygens (including phenoxy) is 1. The maximum Gasteiger partial charge on any atom is 0.123 e. The minimum absolute atomic E-state index is 0.512. The normalized spacial score (nSPS) is 10.7. The van der Waals surface area contributed by atoms with Crippen molar-refractivity contribution in [1.29, 1.82) is 0 Å². The van der Waals surface area contributed by atoms with Gasteiger partial charge in [-0.15, -0.1) is 0 Å². The summed E-state index contributed by atoms with van der Waals surface area (Å²) in [6, 6.07) is 0. The Hall–Kier alpha value is -1.75. The number of hydrogen-bond acceptors (Lipinski definition) is 4. The van der Waals surface area contributed by atoms with E-state index in [0.717, 1.165) is 22.8 Å². The zero-order valence-corrected chi connectivity index (χ0v) is 9.64. The largest absolute Gasteiger partial charge is 0.364 e. The van der Waals surface area contributed by atoms with Crippen LogP contribution in [0.1, 0.15) is 11.5 Å².